The van der Waals surface area contributed by atoms with Gasteiger partial charge in [-0.15, -0.1) is 0 Å². The lowest BCUT2D eigenvalue weighted by Crippen LogP contribution is -2.54. The molecule has 11 nitrogen and oxygen atoms in total. The van der Waals surface area contributed by atoms with E-state index in [4.69, 9.17) is 22.1 Å². The first-order valence-corrected chi connectivity index (χ1v) is 18.0. The van der Waals surface area contributed by atoms with Crippen LogP contribution in [0.3, 0.4) is 0 Å². The van der Waals surface area contributed by atoms with E-state index >= 15 is 0 Å². The van der Waals surface area contributed by atoms with Crippen molar-refractivity contribution in [3.63, 3.8) is 0 Å². The van der Waals surface area contributed by atoms with Crippen LogP contribution in [-0.2, 0) is 28.8 Å². The Kier molecular flexibility index (Phi) is 11.0. The number of nitrogen functional groups attached to an aromatic ring is 1. The Balaban J connectivity index is 1.09. The number of rotatable bonds is 7. The predicted octanol–water partition coefficient (Wildman–Crippen LogP) is 4.33. The van der Waals surface area contributed by atoms with Crippen LogP contribution in [0, 0.1) is 0 Å². The van der Waals surface area contributed by atoms with Gasteiger partial charge in [0, 0.05) is 83.1 Å². The number of urea groups is 1. The summed E-state index contributed by atoms with van der Waals surface area (Å²) in [6.07, 6.45) is 3.34. The second-order valence-electron chi connectivity index (χ2n) is 13.7. The highest BCUT2D eigenvalue weighted by Crippen LogP contribution is 2.29. The largest absolute Gasteiger partial charge is 0.436 e. The molecule has 0 aromatic heterocycles. The van der Waals surface area contributed by atoms with Crippen molar-refractivity contribution in [2.24, 2.45) is 0 Å². The molecule has 4 aliphatic heterocycles. The average Bonchev–Trinajstić information content (AvgIpc) is 3.27. The molecule has 1 atom stereocenters. The Hall–Kier alpha value is -3.54. The first-order chi connectivity index (χ1) is 23.2. The van der Waals surface area contributed by atoms with Crippen molar-refractivity contribution in [2.75, 3.05) is 77.0 Å². The molecule has 0 saturated carbocycles. The number of hydrogen-bond acceptors (Lipinski definition) is 7. The Morgan fingerprint density at radius 2 is 1.60 bits per heavy atom. The molecule has 0 aliphatic carbocycles. The molecule has 4 amide bonds. The Bertz CT molecular complexity index is 1470. The molecule has 2 aromatic carbocycles. The number of likely N-dealkylation sites (tertiary alicyclic amines) is 2. The number of nitrogens with zero attached hydrogens (tertiary/aromatic N) is 5. The standard InChI is InChI=1S/C36H50ClN7O4/c1-3-26-22-25(23-30(37)33(26)38)24-32(34(45)42-13-9-28(10-14-42)41-20-18-40(2)19-21-41)48-36(47)43-15-11-29(12-16-43)44-17-8-27-6-4-5-7-31(27)39-35(44)46/h4-7,22-23,28-29,32H,3,8-21,24,38H2,1-2H3,(H,39,46)/t32-/m1/s1. The van der Waals surface area contributed by atoms with Gasteiger partial charge in [-0.05, 0) is 74.4 Å². The number of anilines is 2. The van der Waals surface area contributed by atoms with Crippen LogP contribution in [0.5, 0.6) is 0 Å². The minimum atomic E-state index is -0.977. The van der Waals surface area contributed by atoms with Gasteiger partial charge in [0.1, 0.15) is 0 Å². The van der Waals surface area contributed by atoms with Crippen molar-refractivity contribution in [2.45, 2.75) is 70.1 Å². The number of aryl methyl sites for hydroxylation is 1. The van der Waals surface area contributed by atoms with Crippen LogP contribution in [0.1, 0.15) is 49.3 Å². The Morgan fingerprint density at radius 3 is 2.31 bits per heavy atom. The van der Waals surface area contributed by atoms with Gasteiger partial charge in [-0.2, -0.15) is 0 Å². The Labute approximate surface area is 289 Å². The molecular formula is C36H50ClN7O4. The molecule has 2 aromatic rings. The molecule has 260 valence electrons. The minimum absolute atomic E-state index is 0.0202. The van der Waals surface area contributed by atoms with Crippen molar-refractivity contribution in [3.05, 3.63) is 58.1 Å². The second-order valence-corrected chi connectivity index (χ2v) is 14.1. The van der Waals surface area contributed by atoms with Gasteiger partial charge < -0.3 is 35.4 Å². The third-order valence-electron chi connectivity index (χ3n) is 10.7. The topological polar surface area (TPSA) is 115 Å². The molecule has 0 bridgehead atoms. The number of para-hydroxylation sites is 1. The van der Waals surface area contributed by atoms with E-state index in [0.717, 1.165) is 67.8 Å². The number of carbonyl (C=O) groups is 3. The summed E-state index contributed by atoms with van der Waals surface area (Å²) in [4.78, 5) is 51.2. The van der Waals surface area contributed by atoms with Gasteiger partial charge in [0.05, 0.1) is 10.7 Å². The maximum absolute atomic E-state index is 14.1. The van der Waals surface area contributed by atoms with Crippen molar-refractivity contribution < 1.29 is 19.1 Å². The molecule has 4 aliphatic rings. The van der Waals surface area contributed by atoms with Crippen LogP contribution in [-0.4, -0.2) is 127 Å². The quantitative estimate of drug-likeness (QED) is 0.419. The average molecular weight is 680 g/mol. The summed E-state index contributed by atoms with van der Waals surface area (Å²) >= 11 is 6.48. The number of benzene rings is 2. The lowest BCUT2D eigenvalue weighted by Gasteiger charge is -2.42. The van der Waals surface area contributed by atoms with Crippen LogP contribution >= 0.6 is 11.6 Å². The highest BCUT2D eigenvalue weighted by molar-refractivity contribution is 6.33. The fraction of sp³-hybridized carbons (Fsp3) is 0.583. The van der Waals surface area contributed by atoms with Gasteiger partial charge in [-0.3, -0.25) is 9.69 Å². The number of hydrogen-bond donors (Lipinski definition) is 2. The number of likely N-dealkylation sites (N-methyl/N-ethyl adjacent to an activating group) is 1. The highest BCUT2D eigenvalue weighted by atomic mass is 35.5. The summed E-state index contributed by atoms with van der Waals surface area (Å²) < 4.78 is 6.08. The Morgan fingerprint density at radius 1 is 0.938 bits per heavy atom. The van der Waals surface area contributed by atoms with E-state index in [0.29, 0.717) is 68.7 Å². The molecule has 3 saturated heterocycles. The zero-order valence-corrected chi connectivity index (χ0v) is 29.1. The van der Waals surface area contributed by atoms with Crippen LogP contribution < -0.4 is 11.1 Å². The predicted molar refractivity (Wildman–Crippen MR) is 188 cm³/mol. The number of carbonyl (C=O) groups excluding carboxylic acids is 3. The first kappa shape index (κ1) is 34.3. The molecule has 0 spiro atoms. The molecule has 3 fully saturated rings. The van der Waals surface area contributed by atoms with Crippen molar-refractivity contribution in [1.29, 1.82) is 0 Å². The molecule has 4 heterocycles. The highest BCUT2D eigenvalue weighted by Gasteiger charge is 2.36. The van der Waals surface area contributed by atoms with Gasteiger partial charge in [0.25, 0.3) is 5.91 Å². The van der Waals surface area contributed by atoms with Gasteiger partial charge in [0.15, 0.2) is 6.10 Å². The zero-order chi connectivity index (χ0) is 33.8. The van der Waals surface area contributed by atoms with E-state index in [2.05, 4.69) is 22.2 Å². The summed E-state index contributed by atoms with van der Waals surface area (Å²) in [7, 11) is 2.16. The molecule has 48 heavy (non-hydrogen) atoms. The molecule has 0 unspecified atom stereocenters. The SMILES string of the molecule is CCc1cc(C[C@@H](OC(=O)N2CCC(N3CCc4ccccc4NC3=O)CC2)C(=O)N2CCC(N3CCN(C)CC3)CC2)cc(Cl)c1N. The third-order valence-corrected chi connectivity index (χ3v) is 11.0. The van der Waals surface area contributed by atoms with E-state index in [9.17, 15) is 14.4 Å². The molecular weight excluding hydrogens is 630 g/mol. The number of fused-ring (bicyclic) bond motifs is 1. The van der Waals surface area contributed by atoms with Crippen molar-refractivity contribution >= 4 is 41.0 Å². The molecule has 3 N–H and O–H groups in total. The number of ether oxygens (including phenoxy) is 1. The van der Waals surface area contributed by atoms with Crippen LogP contribution in [0.2, 0.25) is 5.02 Å². The fourth-order valence-corrected chi connectivity index (χ4v) is 7.94. The van der Waals surface area contributed by atoms with E-state index in [1.165, 1.54) is 0 Å². The van der Waals surface area contributed by atoms with Gasteiger partial charge >= 0.3 is 12.1 Å². The maximum atomic E-state index is 14.1. The number of piperidine rings is 2. The number of amides is 4. The smallest absolute Gasteiger partial charge is 0.410 e. The maximum Gasteiger partial charge on any atom is 0.410 e. The number of piperazine rings is 1. The second kappa shape index (κ2) is 15.3. The monoisotopic (exact) mass is 679 g/mol. The van der Waals surface area contributed by atoms with Crippen molar-refractivity contribution in [3.8, 4) is 0 Å². The molecule has 0 radical (unpaired) electrons. The third kappa shape index (κ3) is 7.84. The summed E-state index contributed by atoms with van der Waals surface area (Å²) in [5.41, 5.74) is 10.5. The zero-order valence-electron chi connectivity index (χ0n) is 28.3. The number of nitrogens with one attached hydrogen (secondary N) is 1. The normalized spacial score (nSPS) is 21.0. The van der Waals surface area contributed by atoms with Crippen LogP contribution in [0.15, 0.2) is 36.4 Å². The lowest BCUT2D eigenvalue weighted by atomic mass is 9.99. The lowest BCUT2D eigenvalue weighted by molar-refractivity contribution is -0.142. The summed E-state index contributed by atoms with van der Waals surface area (Å²) in [5, 5.41) is 3.50. The van der Waals surface area contributed by atoms with Crippen molar-refractivity contribution in [1.82, 2.24) is 24.5 Å². The van der Waals surface area contributed by atoms with Gasteiger partial charge in [-0.25, -0.2) is 9.59 Å². The van der Waals surface area contributed by atoms with Gasteiger partial charge in [0.2, 0.25) is 0 Å². The van der Waals surface area contributed by atoms with Gasteiger partial charge in [-0.1, -0.05) is 42.8 Å². The summed E-state index contributed by atoms with van der Waals surface area (Å²) in [5.74, 6) is -0.165. The number of halogens is 1. The number of nitrogens with two attached hydrogens (primary N) is 1. The minimum Gasteiger partial charge on any atom is -0.436 e. The molecule has 6 rings (SSSR count). The fourth-order valence-electron chi connectivity index (χ4n) is 7.68. The first-order valence-electron chi connectivity index (χ1n) is 17.6. The van der Waals surface area contributed by atoms with Crippen LogP contribution in [0.25, 0.3) is 0 Å². The van der Waals surface area contributed by atoms with E-state index in [-0.39, 0.29) is 24.4 Å². The summed E-state index contributed by atoms with van der Waals surface area (Å²) in [6.45, 7) is 9.06. The van der Waals surface area contributed by atoms with Crippen LogP contribution in [0.4, 0.5) is 21.0 Å². The summed E-state index contributed by atoms with van der Waals surface area (Å²) in [6, 6.07) is 12.0. The van der Waals surface area contributed by atoms with E-state index in [1.807, 2.05) is 47.1 Å². The van der Waals surface area contributed by atoms with E-state index < -0.39 is 12.2 Å². The van der Waals surface area contributed by atoms with E-state index in [1.54, 1.807) is 11.0 Å². The molecule has 12 heteroatoms.